The van der Waals surface area contributed by atoms with Crippen molar-refractivity contribution in [2.24, 2.45) is 5.41 Å². The number of carbonyl (C=O) groups excluding carboxylic acids is 1. The first-order valence-corrected chi connectivity index (χ1v) is 4.72. The van der Waals surface area contributed by atoms with Crippen molar-refractivity contribution in [1.82, 2.24) is 0 Å². The smallest absolute Gasteiger partial charge is 0.306 e. The van der Waals surface area contributed by atoms with Gasteiger partial charge in [0.2, 0.25) is 0 Å². The maximum Gasteiger partial charge on any atom is 0.306 e. The Morgan fingerprint density at radius 1 is 1.46 bits per heavy atom. The van der Waals surface area contributed by atoms with Crippen molar-refractivity contribution < 1.29 is 9.53 Å². The van der Waals surface area contributed by atoms with E-state index in [0.29, 0.717) is 19.4 Å². The summed E-state index contributed by atoms with van der Waals surface area (Å²) in [4.78, 5) is 11.0. The highest BCUT2D eigenvalue weighted by molar-refractivity contribution is 5.69. The van der Waals surface area contributed by atoms with Crippen LogP contribution < -0.4 is 0 Å². The molecule has 0 radical (unpaired) electrons. The molecule has 0 aliphatic heterocycles. The normalized spacial score (nSPS) is 11.0. The lowest BCUT2D eigenvalue weighted by Gasteiger charge is -2.17. The summed E-state index contributed by atoms with van der Waals surface area (Å²) in [5, 5.41) is 0. The molecule has 0 saturated carbocycles. The average Bonchev–Trinajstić information content (AvgIpc) is 1.98. The molecule has 0 heterocycles. The molecule has 0 aromatic rings. The number of esters is 1. The van der Waals surface area contributed by atoms with E-state index in [1.807, 2.05) is 0 Å². The summed E-state index contributed by atoms with van der Waals surface area (Å²) in [5.74, 6) is -0.121. The highest BCUT2D eigenvalue weighted by Crippen LogP contribution is 2.17. The van der Waals surface area contributed by atoms with Gasteiger partial charge in [0.1, 0.15) is 0 Å². The van der Waals surface area contributed by atoms with Crippen molar-refractivity contribution >= 4 is 5.97 Å². The van der Waals surface area contributed by atoms with E-state index in [9.17, 15) is 4.79 Å². The van der Waals surface area contributed by atoms with Gasteiger partial charge in [0.25, 0.3) is 0 Å². The third kappa shape index (κ3) is 9.12. The van der Waals surface area contributed by atoms with Gasteiger partial charge in [-0.2, -0.15) is 0 Å². The van der Waals surface area contributed by atoms with Crippen LogP contribution in [0.5, 0.6) is 0 Å². The highest BCUT2D eigenvalue weighted by atomic mass is 16.5. The lowest BCUT2D eigenvalue weighted by molar-refractivity contribution is -0.144. The zero-order chi connectivity index (χ0) is 10.3. The molecule has 0 saturated heterocycles. The summed E-state index contributed by atoms with van der Waals surface area (Å²) in [6.45, 7) is 10.5. The van der Waals surface area contributed by atoms with Crippen LogP contribution in [0.4, 0.5) is 0 Å². The Labute approximate surface area is 81.0 Å². The van der Waals surface area contributed by atoms with E-state index in [4.69, 9.17) is 4.74 Å². The Kier molecular flexibility index (Phi) is 5.44. The topological polar surface area (TPSA) is 26.3 Å². The fourth-order valence-corrected chi connectivity index (χ4v) is 0.763. The van der Waals surface area contributed by atoms with Crippen LogP contribution in [0.3, 0.4) is 0 Å². The molecule has 0 N–H and O–H groups in total. The van der Waals surface area contributed by atoms with Crippen molar-refractivity contribution in [2.75, 3.05) is 6.61 Å². The molecule has 0 aromatic carbocycles. The van der Waals surface area contributed by atoms with Gasteiger partial charge in [0, 0.05) is 6.42 Å². The van der Waals surface area contributed by atoms with Gasteiger partial charge < -0.3 is 4.74 Å². The zero-order valence-corrected chi connectivity index (χ0v) is 8.93. The quantitative estimate of drug-likeness (QED) is 0.485. The number of hydrogen-bond donors (Lipinski definition) is 0. The van der Waals surface area contributed by atoms with Crippen LogP contribution in [0.1, 0.15) is 40.0 Å². The summed E-state index contributed by atoms with van der Waals surface area (Å²) in [6, 6.07) is 0. The molecule has 76 valence electrons. The summed E-state index contributed by atoms with van der Waals surface area (Å²) in [6.07, 6.45) is 3.79. The second-order valence-corrected chi connectivity index (χ2v) is 4.36. The van der Waals surface area contributed by atoms with Crippen LogP contribution in [0.25, 0.3) is 0 Å². The Bertz CT molecular complexity index is 165. The van der Waals surface area contributed by atoms with Gasteiger partial charge in [0.15, 0.2) is 0 Å². The molecule has 2 nitrogen and oxygen atoms in total. The van der Waals surface area contributed by atoms with Crippen molar-refractivity contribution in [2.45, 2.75) is 40.0 Å². The molecule has 0 spiro atoms. The first-order chi connectivity index (χ1) is 5.95. The SMILES string of the molecule is C=CCCC(=O)OCCC(C)(C)C. The molecule has 2 heteroatoms. The molecule has 0 atom stereocenters. The minimum Gasteiger partial charge on any atom is -0.466 e. The first kappa shape index (κ1) is 12.2. The highest BCUT2D eigenvalue weighted by Gasteiger charge is 2.10. The molecular weight excluding hydrogens is 164 g/mol. The number of carbonyl (C=O) groups is 1. The van der Waals surface area contributed by atoms with E-state index in [1.165, 1.54) is 0 Å². The maximum absolute atomic E-state index is 11.0. The molecule has 0 rings (SSSR count). The van der Waals surface area contributed by atoms with Crippen LogP contribution >= 0.6 is 0 Å². The van der Waals surface area contributed by atoms with Gasteiger partial charge in [-0.05, 0) is 18.3 Å². The Balaban J connectivity index is 3.42. The van der Waals surface area contributed by atoms with Crippen LogP contribution in [-0.4, -0.2) is 12.6 Å². The fourth-order valence-electron chi connectivity index (χ4n) is 0.763. The molecule has 0 aliphatic carbocycles. The van der Waals surface area contributed by atoms with Crippen LogP contribution in [0.15, 0.2) is 12.7 Å². The summed E-state index contributed by atoms with van der Waals surface area (Å²) >= 11 is 0. The second-order valence-electron chi connectivity index (χ2n) is 4.36. The number of rotatable bonds is 5. The van der Waals surface area contributed by atoms with Crippen molar-refractivity contribution in [3.05, 3.63) is 12.7 Å². The fraction of sp³-hybridized carbons (Fsp3) is 0.727. The second kappa shape index (κ2) is 5.79. The molecule has 13 heavy (non-hydrogen) atoms. The number of ether oxygens (including phenoxy) is 1. The van der Waals surface area contributed by atoms with Crippen LogP contribution in [0.2, 0.25) is 0 Å². The lowest BCUT2D eigenvalue weighted by atomic mass is 9.93. The van der Waals surface area contributed by atoms with Gasteiger partial charge in [-0.25, -0.2) is 0 Å². The summed E-state index contributed by atoms with van der Waals surface area (Å²) in [5.41, 5.74) is 0.235. The average molecular weight is 184 g/mol. The first-order valence-electron chi connectivity index (χ1n) is 4.72. The molecule has 0 fully saturated rings. The van der Waals surface area contributed by atoms with Gasteiger partial charge in [-0.15, -0.1) is 6.58 Å². The molecule has 0 aromatic heterocycles. The molecule has 0 amide bonds. The van der Waals surface area contributed by atoms with E-state index in [2.05, 4.69) is 27.4 Å². The predicted octanol–water partition coefficient (Wildman–Crippen LogP) is 2.93. The van der Waals surface area contributed by atoms with E-state index < -0.39 is 0 Å². The van der Waals surface area contributed by atoms with Gasteiger partial charge >= 0.3 is 5.97 Å². The Morgan fingerprint density at radius 2 is 2.08 bits per heavy atom. The van der Waals surface area contributed by atoms with Crippen molar-refractivity contribution in [3.8, 4) is 0 Å². The Hall–Kier alpha value is -0.790. The molecular formula is C11H20O2. The number of allylic oxidation sites excluding steroid dienone is 1. The van der Waals surface area contributed by atoms with Crippen molar-refractivity contribution in [3.63, 3.8) is 0 Å². The standard InChI is InChI=1S/C11H20O2/c1-5-6-7-10(12)13-9-8-11(2,3)4/h5H,1,6-9H2,2-4H3. The van der Waals surface area contributed by atoms with Gasteiger partial charge in [-0.1, -0.05) is 26.8 Å². The maximum atomic E-state index is 11.0. The third-order valence-corrected chi connectivity index (χ3v) is 1.67. The van der Waals surface area contributed by atoms with Crippen molar-refractivity contribution in [1.29, 1.82) is 0 Å². The van der Waals surface area contributed by atoms with Gasteiger partial charge in [-0.3, -0.25) is 4.79 Å². The summed E-state index contributed by atoms with van der Waals surface area (Å²) < 4.78 is 5.03. The molecule has 0 aliphatic rings. The van der Waals surface area contributed by atoms with E-state index in [1.54, 1.807) is 6.08 Å². The van der Waals surface area contributed by atoms with Crippen LogP contribution in [0, 0.1) is 5.41 Å². The third-order valence-electron chi connectivity index (χ3n) is 1.67. The molecule has 0 unspecified atom stereocenters. The molecule has 0 bridgehead atoms. The van der Waals surface area contributed by atoms with E-state index in [-0.39, 0.29) is 11.4 Å². The predicted molar refractivity (Wildman–Crippen MR) is 54.5 cm³/mol. The van der Waals surface area contributed by atoms with Gasteiger partial charge in [0.05, 0.1) is 6.61 Å². The van der Waals surface area contributed by atoms with E-state index >= 15 is 0 Å². The lowest BCUT2D eigenvalue weighted by Crippen LogP contribution is -2.12. The minimum absolute atomic E-state index is 0.121. The summed E-state index contributed by atoms with van der Waals surface area (Å²) in [7, 11) is 0. The largest absolute Gasteiger partial charge is 0.466 e. The minimum atomic E-state index is -0.121. The monoisotopic (exact) mass is 184 g/mol. The number of hydrogen-bond acceptors (Lipinski definition) is 2. The van der Waals surface area contributed by atoms with E-state index in [0.717, 1.165) is 6.42 Å². The zero-order valence-electron chi connectivity index (χ0n) is 8.93. The van der Waals surface area contributed by atoms with Crippen LogP contribution in [-0.2, 0) is 9.53 Å². The Morgan fingerprint density at radius 3 is 2.54 bits per heavy atom.